The zero-order valence-corrected chi connectivity index (χ0v) is 12.8. The standard InChI is InChI=1S/C18H24O3/c1-2-12-20-14-8-4-5-9-15(14)21-17-13-16(19)18(17)10-6-3-7-11-18/h4-5,8-9,17H,2-3,6-7,10-13H2,1H3. The van der Waals surface area contributed by atoms with Crippen molar-refractivity contribution in [1.29, 1.82) is 0 Å². The summed E-state index contributed by atoms with van der Waals surface area (Å²) in [6.45, 7) is 2.78. The Hall–Kier alpha value is -1.51. The minimum Gasteiger partial charge on any atom is -0.490 e. The molecular weight excluding hydrogens is 264 g/mol. The minimum absolute atomic E-state index is 0.0386. The highest BCUT2D eigenvalue weighted by Crippen LogP contribution is 2.51. The lowest BCUT2D eigenvalue weighted by atomic mass is 9.57. The normalized spacial score (nSPS) is 23.7. The topological polar surface area (TPSA) is 35.5 Å². The molecule has 3 rings (SSSR count). The average Bonchev–Trinajstić information content (AvgIpc) is 2.54. The molecule has 2 aliphatic carbocycles. The van der Waals surface area contributed by atoms with Crippen molar-refractivity contribution in [1.82, 2.24) is 0 Å². The van der Waals surface area contributed by atoms with Crippen LogP contribution in [0.15, 0.2) is 24.3 Å². The Bertz CT molecular complexity index is 503. The van der Waals surface area contributed by atoms with E-state index in [1.165, 1.54) is 6.42 Å². The van der Waals surface area contributed by atoms with Gasteiger partial charge in [-0.2, -0.15) is 0 Å². The van der Waals surface area contributed by atoms with Crippen LogP contribution in [0.1, 0.15) is 51.9 Å². The summed E-state index contributed by atoms with van der Waals surface area (Å²) in [7, 11) is 0. The van der Waals surface area contributed by atoms with E-state index in [-0.39, 0.29) is 11.5 Å². The highest BCUT2D eigenvalue weighted by Gasteiger charge is 2.56. The number of benzene rings is 1. The SMILES string of the molecule is CCCOc1ccccc1OC1CC(=O)C12CCCCC2. The molecule has 1 unspecified atom stereocenters. The molecule has 1 atom stereocenters. The Labute approximate surface area is 126 Å². The summed E-state index contributed by atoms with van der Waals surface area (Å²) >= 11 is 0. The van der Waals surface area contributed by atoms with E-state index in [9.17, 15) is 4.79 Å². The molecular formula is C18H24O3. The first-order valence-corrected chi connectivity index (χ1v) is 8.18. The van der Waals surface area contributed by atoms with Crippen molar-refractivity contribution in [3.05, 3.63) is 24.3 Å². The van der Waals surface area contributed by atoms with Crippen LogP contribution in [0.5, 0.6) is 11.5 Å². The number of ketones is 1. The summed E-state index contributed by atoms with van der Waals surface area (Å²) in [6, 6.07) is 7.81. The number of Topliss-reactive ketones (excluding diaryl/α,β-unsaturated/α-hetero) is 1. The molecule has 0 aromatic heterocycles. The maximum atomic E-state index is 12.2. The molecule has 2 saturated carbocycles. The fraction of sp³-hybridized carbons (Fsp3) is 0.611. The van der Waals surface area contributed by atoms with Crippen molar-refractivity contribution in [2.75, 3.05) is 6.61 Å². The van der Waals surface area contributed by atoms with Crippen molar-refractivity contribution in [3.8, 4) is 11.5 Å². The lowest BCUT2D eigenvalue weighted by molar-refractivity contribution is -0.156. The first kappa shape index (κ1) is 14.4. The Morgan fingerprint density at radius 1 is 1.14 bits per heavy atom. The second-order valence-electron chi connectivity index (χ2n) is 6.25. The second kappa shape index (κ2) is 6.08. The van der Waals surface area contributed by atoms with Gasteiger partial charge in [-0.15, -0.1) is 0 Å². The van der Waals surface area contributed by atoms with Gasteiger partial charge >= 0.3 is 0 Å². The summed E-state index contributed by atoms with van der Waals surface area (Å²) < 4.78 is 11.9. The third-order valence-corrected chi connectivity index (χ3v) is 4.87. The molecule has 2 aliphatic rings. The molecule has 0 amide bonds. The van der Waals surface area contributed by atoms with Gasteiger partial charge in [0.1, 0.15) is 11.9 Å². The van der Waals surface area contributed by atoms with Gasteiger partial charge in [0.05, 0.1) is 12.0 Å². The summed E-state index contributed by atoms with van der Waals surface area (Å²) in [4.78, 5) is 12.2. The molecule has 3 heteroatoms. The number of hydrogen-bond acceptors (Lipinski definition) is 3. The smallest absolute Gasteiger partial charge is 0.161 e. The lowest BCUT2D eigenvalue weighted by Crippen LogP contribution is -2.57. The van der Waals surface area contributed by atoms with Gasteiger partial charge in [-0.05, 0) is 31.4 Å². The Morgan fingerprint density at radius 3 is 2.52 bits per heavy atom. The molecule has 2 fully saturated rings. The van der Waals surface area contributed by atoms with Gasteiger partial charge in [0, 0.05) is 6.42 Å². The number of hydrogen-bond donors (Lipinski definition) is 0. The van der Waals surface area contributed by atoms with E-state index < -0.39 is 0 Å². The number of ether oxygens (including phenoxy) is 2. The lowest BCUT2D eigenvalue weighted by Gasteiger charge is -2.49. The molecule has 0 heterocycles. The second-order valence-corrected chi connectivity index (χ2v) is 6.25. The van der Waals surface area contributed by atoms with Crippen LogP contribution in [-0.4, -0.2) is 18.5 Å². The highest BCUT2D eigenvalue weighted by atomic mass is 16.5. The molecule has 1 spiro atoms. The Morgan fingerprint density at radius 2 is 1.86 bits per heavy atom. The van der Waals surface area contributed by atoms with E-state index >= 15 is 0 Å². The molecule has 0 saturated heterocycles. The van der Waals surface area contributed by atoms with Crippen molar-refractivity contribution in [2.45, 2.75) is 58.0 Å². The first-order valence-electron chi connectivity index (χ1n) is 8.18. The first-order chi connectivity index (χ1) is 10.3. The molecule has 1 aromatic rings. The van der Waals surface area contributed by atoms with E-state index in [0.29, 0.717) is 18.8 Å². The fourth-order valence-electron chi connectivity index (χ4n) is 3.59. The Balaban J connectivity index is 1.73. The zero-order chi connectivity index (χ0) is 14.7. The van der Waals surface area contributed by atoms with E-state index in [0.717, 1.165) is 43.6 Å². The molecule has 114 valence electrons. The number of rotatable bonds is 5. The summed E-state index contributed by atoms with van der Waals surface area (Å²) in [6.07, 6.45) is 7.11. The zero-order valence-electron chi connectivity index (χ0n) is 12.8. The third-order valence-electron chi connectivity index (χ3n) is 4.87. The van der Waals surface area contributed by atoms with E-state index in [2.05, 4.69) is 6.92 Å². The van der Waals surface area contributed by atoms with Crippen molar-refractivity contribution < 1.29 is 14.3 Å². The van der Waals surface area contributed by atoms with Crippen LogP contribution in [0.4, 0.5) is 0 Å². The summed E-state index contributed by atoms with van der Waals surface area (Å²) in [5.41, 5.74) is -0.198. The third kappa shape index (κ3) is 2.66. The van der Waals surface area contributed by atoms with E-state index in [1.54, 1.807) is 0 Å². The molecule has 0 bridgehead atoms. The van der Waals surface area contributed by atoms with Gasteiger partial charge in [-0.25, -0.2) is 0 Å². The van der Waals surface area contributed by atoms with Crippen LogP contribution < -0.4 is 9.47 Å². The Kier molecular flexibility index (Phi) is 4.18. The van der Waals surface area contributed by atoms with E-state index in [4.69, 9.17) is 9.47 Å². The quantitative estimate of drug-likeness (QED) is 0.816. The van der Waals surface area contributed by atoms with Gasteiger partial charge < -0.3 is 9.47 Å². The van der Waals surface area contributed by atoms with Crippen molar-refractivity contribution in [2.24, 2.45) is 5.41 Å². The summed E-state index contributed by atoms with van der Waals surface area (Å²) in [5, 5.41) is 0. The van der Waals surface area contributed by atoms with Crippen molar-refractivity contribution in [3.63, 3.8) is 0 Å². The van der Waals surface area contributed by atoms with Crippen molar-refractivity contribution >= 4 is 5.78 Å². The van der Waals surface area contributed by atoms with Crippen LogP contribution in [0.25, 0.3) is 0 Å². The van der Waals surface area contributed by atoms with Gasteiger partial charge in [0.15, 0.2) is 11.5 Å². The van der Waals surface area contributed by atoms with Crippen LogP contribution >= 0.6 is 0 Å². The van der Waals surface area contributed by atoms with Crippen LogP contribution in [0.3, 0.4) is 0 Å². The maximum Gasteiger partial charge on any atom is 0.161 e. The van der Waals surface area contributed by atoms with Gasteiger partial charge in [-0.3, -0.25) is 4.79 Å². The number of carbonyl (C=O) groups excluding carboxylic acids is 1. The predicted molar refractivity (Wildman–Crippen MR) is 81.8 cm³/mol. The van der Waals surface area contributed by atoms with E-state index in [1.807, 2.05) is 24.3 Å². The monoisotopic (exact) mass is 288 g/mol. The molecule has 3 nitrogen and oxygen atoms in total. The molecule has 0 aliphatic heterocycles. The number of para-hydroxylation sites is 2. The molecule has 0 N–H and O–H groups in total. The summed E-state index contributed by atoms with van der Waals surface area (Å²) in [5.74, 6) is 1.98. The largest absolute Gasteiger partial charge is 0.490 e. The van der Waals surface area contributed by atoms with Crippen LogP contribution in [0, 0.1) is 5.41 Å². The number of carbonyl (C=O) groups is 1. The fourth-order valence-corrected chi connectivity index (χ4v) is 3.59. The molecule has 0 radical (unpaired) electrons. The minimum atomic E-state index is -0.198. The van der Waals surface area contributed by atoms with Gasteiger partial charge in [0.25, 0.3) is 0 Å². The molecule has 1 aromatic carbocycles. The maximum absolute atomic E-state index is 12.2. The van der Waals surface area contributed by atoms with Gasteiger partial charge in [0.2, 0.25) is 0 Å². The predicted octanol–water partition coefficient (Wildman–Crippen LogP) is 4.15. The van der Waals surface area contributed by atoms with Gasteiger partial charge in [-0.1, -0.05) is 38.3 Å². The van der Waals surface area contributed by atoms with Crippen LogP contribution in [-0.2, 0) is 4.79 Å². The highest BCUT2D eigenvalue weighted by molar-refractivity contribution is 5.92. The van der Waals surface area contributed by atoms with Crippen LogP contribution in [0.2, 0.25) is 0 Å². The molecule has 21 heavy (non-hydrogen) atoms. The average molecular weight is 288 g/mol.